The number of aromatic nitrogens is 3. The molecule has 0 radical (unpaired) electrons. The number of carbonyl (C=O) groups excluding carboxylic acids is 1. The highest BCUT2D eigenvalue weighted by Crippen LogP contribution is 2.35. The van der Waals surface area contributed by atoms with E-state index in [0.29, 0.717) is 12.5 Å². The Hall–Kier alpha value is -2.78. The Morgan fingerprint density at radius 2 is 1.97 bits per heavy atom. The quantitative estimate of drug-likeness (QED) is 0.526. The van der Waals surface area contributed by atoms with Crippen LogP contribution < -0.4 is 16.0 Å². The lowest BCUT2D eigenvalue weighted by Crippen LogP contribution is -2.58. The average Bonchev–Trinajstić information content (AvgIpc) is 3.18. The van der Waals surface area contributed by atoms with Crippen LogP contribution in [0.5, 0.6) is 0 Å². The van der Waals surface area contributed by atoms with Crippen LogP contribution in [-0.2, 0) is 4.79 Å². The molecule has 8 nitrogen and oxygen atoms in total. The Bertz CT molecular complexity index is 1100. The van der Waals surface area contributed by atoms with Gasteiger partial charge in [-0.3, -0.25) is 4.79 Å². The number of fused-ring (bicyclic) bond motifs is 3. The topological polar surface area (TPSA) is 95.1 Å². The zero-order chi connectivity index (χ0) is 22.1. The number of amides is 1. The summed E-state index contributed by atoms with van der Waals surface area (Å²) in [5.74, 6) is 1.60. The molecule has 4 heterocycles. The summed E-state index contributed by atoms with van der Waals surface area (Å²) in [4.78, 5) is 30.0. The zero-order valence-corrected chi connectivity index (χ0v) is 19.3. The van der Waals surface area contributed by atoms with Crippen molar-refractivity contribution in [2.75, 3.05) is 24.2 Å². The first kappa shape index (κ1) is 21.1. The van der Waals surface area contributed by atoms with E-state index in [9.17, 15) is 4.79 Å². The number of rotatable bonds is 6. The van der Waals surface area contributed by atoms with E-state index in [1.807, 2.05) is 44.4 Å². The van der Waals surface area contributed by atoms with Gasteiger partial charge in [0.25, 0.3) is 0 Å². The average molecular weight is 452 g/mol. The molecule has 32 heavy (non-hydrogen) atoms. The van der Waals surface area contributed by atoms with Gasteiger partial charge in [0.1, 0.15) is 5.82 Å². The predicted molar refractivity (Wildman–Crippen MR) is 129 cm³/mol. The molecule has 2 bridgehead atoms. The normalized spacial score (nSPS) is 22.7. The summed E-state index contributed by atoms with van der Waals surface area (Å²) in [6.45, 7) is 2.45. The lowest BCUT2D eigenvalue weighted by molar-refractivity contribution is -0.139. The molecule has 3 aromatic rings. The maximum absolute atomic E-state index is 12.6. The summed E-state index contributed by atoms with van der Waals surface area (Å²) < 4.78 is 0. The zero-order valence-electron chi connectivity index (χ0n) is 18.5. The number of hydrogen-bond donors (Lipinski definition) is 3. The summed E-state index contributed by atoms with van der Waals surface area (Å²) >= 11 is 1.61. The summed E-state index contributed by atoms with van der Waals surface area (Å²) in [6.07, 6.45) is 7.04. The smallest absolute Gasteiger partial charge is 0.237 e. The molecule has 5 rings (SSSR count). The Labute approximate surface area is 191 Å². The summed E-state index contributed by atoms with van der Waals surface area (Å²) in [7, 11) is 1.83. The van der Waals surface area contributed by atoms with Crippen LogP contribution in [0.4, 0.5) is 16.9 Å². The molecule has 0 saturated carbocycles. The number of piperidine rings is 2. The van der Waals surface area contributed by atoms with E-state index >= 15 is 0 Å². The Kier molecular flexibility index (Phi) is 5.93. The van der Waals surface area contributed by atoms with Gasteiger partial charge in [-0.1, -0.05) is 12.1 Å². The van der Waals surface area contributed by atoms with Crippen LogP contribution in [0.15, 0.2) is 30.5 Å². The van der Waals surface area contributed by atoms with Crippen LogP contribution >= 0.6 is 11.3 Å². The number of carbonyl (C=O) groups is 1. The first-order valence-corrected chi connectivity index (χ1v) is 12.1. The summed E-state index contributed by atoms with van der Waals surface area (Å²) in [5, 5.41) is 11.8. The molecule has 2 fully saturated rings. The van der Waals surface area contributed by atoms with Gasteiger partial charge in [0, 0.05) is 34.6 Å². The fourth-order valence-corrected chi connectivity index (χ4v) is 5.75. The maximum atomic E-state index is 12.6. The molecule has 3 atom stereocenters. The van der Waals surface area contributed by atoms with E-state index in [0.717, 1.165) is 52.4 Å². The van der Waals surface area contributed by atoms with E-state index in [4.69, 9.17) is 9.97 Å². The lowest BCUT2D eigenvalue weighted by Gasteiger charge is -2.49. The first-order chi connectivity index (χ1) is 15.6. The number of para-hydroxylation sites is 1. The molecular formula is C23H29N7OS. The number of thiazole rings is 1. The van der Waals surface area contributed by atoms with Gasteiger partial charge in [-0.25, -0.2) is 9.97 Å². The van der Waals surface area contributed by atoms with Crippen molar-refractivity contribution < 1.29 is 4.79 Å². The fraction of sp³-hybridized carbons (Fsp3) is 0.478. The third kappa shape index (κ3) is 4.27. The fourth-order valence-electron chi connectivity index (χ4n) is 5.08. The highest BCUT2D eigenvalue weighted by Gasteiger charge is 2.40. The van der Waals surface area contributed by atoms with Crippen LogP contribution in [0.1, 0.15) is 37.0 Å². The molecule has 2 aliphatic heterocycles. The van der Waals surface area contributed by atoms with Crippen molar-refractivity contribution in [1.82, 2.24) is 25.2 Å². The van der Waals surface area contributed by atoms with Gasteiger partial charge >= 0.3 is 0 Å². The van der Waals surface area contributed by atoms with E-state index < -0.39 is 0 Å². The number of likely N-dealkylation sites (N-methyl/N-ethyl adjacent to an activating group) is 1. The third-order valence-electron chi connectivity index (χ3n) is 6.37. The number of hydrogen-bond acceptors (Lipinski definition) is 8. The number of benzene rings is 1. The van der Waals surface area contributed by atoms with Gasteiger partial charge in [-0.2, -0.15) is 4.98 Å². The van der Waals surface area contributed by atoms with Crippen molar-refractivity contribution in [2.45, 2.75) is 57.2 Å². The SMILES string of the molecule is CNCC(=O)N1[C@@H]2CCC[C@H]1C[C@H](Nc1nc(Nc3ncc(C)s3)c3ccccc3n1)C2. The third-order valence-corrected chi connectivity index (χ3v) is 7.20. The van der Waals surface area contributed by atoms with Crippen LogP contribution in [0.3, 0.4) is 0 Å². The Morgan fingerprint density at radius 1 is 1.19 bits per heavy atom. The second-order valence-electron chi connectivity index (χ2n) is 8.70. The van der Waals surface area contributed by atoms with Crippen molar-refractivity contribution in [3.63, 3.8) is 0 Å². The molecule has 0 unspecified atom stereocenters. The predicted octanol–water partition coefficient (Wildman–Crippen LogP) is 3.68. The molecule has 0 spiro atoms. The van der Waals surface area contributed by atoms with Crippen molar-refractivity contribution in [3.05, 3.63) is 35.3 Å². The van der Waals surface area contributed by atoms with Crippen LogP contribution in [0, 0.1) is 6.92 Å². The van der Waals surface area contributed by atoms with Crippen LogP contribution in [0.25, 0.3) is 10.9 Å². The molecular weight excluding hydrogens is 422 g/mol. The van der Waals surface area contributed by atoms with Crippen molar-refractivity contribution in [1.29, 1.82) is 0 Å². The molecule has 2 aliphatic rings. The van der Waals surface area contributed by atoms with Crippen molar-refractivity contribution in [2.24, 2.45) is 0 Å². The molecule has 0 aliphatic carbocycles. The minimum absolute atomic E-state index is 0.216. The summed E-state index contributed by atoms with van der Waals surface area (Å²) in [6, 6.07) is 8.85. The number of anilines is 3. The molecule has 2 saturated heterocycles. The highest BCUT2D eigenvalue weighted by atomic mass is 32.1. The molecule has 9 heteroatoms. The van der Waals surface area contributed by atoms with Crippen LogP contribution in [-0.4, -0.2) is 57.5 Å². The van der Waals surface area contributed by atoms with E-state index in [1.54, 1.807) is 11.3 Å². The molecule has 1 amide bonds. The van der Waals surface area contributed by atoms with Gasteiger partial charge in [0.05, 0.1) is 12.1 Å². The first-order valence-electron chi connectivity index (χ1n) is 11.3. The van der Waals surface area contributed by atoms with E-state index in [-0.39, 0.29) is 24.0 Å². The molecule has 3 N–H and O–H groups in total. The second kappa shape index (κ2) is 8.99. The largest absolute Gasteiger partial charge is 0.351 e. The minimum atomic E-state index is 0.216. The van der Waals surface area contributed by atoms with E-state index in [1.165, 1.54) is 6.42 Å². The number of aryl methyl sites for hydroxylation is 1. The lowest BCUT2D eigenvalue weighted by atomic mass is 9.81. The van der Waals surface area contributed by atoms with E-state index in [2.05, 4.69) is 25.8 Å². The van der Waals surface area contributed by atoms with Crippen molar-refractivity contribution in [3.8, 4) is 0 Å². The highest BCUT2D eigenvalue weighted by molar-refractivity contribution is 7.15. The summed E-state index contributed by atoms with van der Waals surface area (Å²) in [5.41, 5.74) is 0.891. The maximum Gasteiger partial charge on any atom is 0.237 e. The molecule has 2 aromatic heterocycles. The van der Waals surface area contributed by atoms with Gasteiger partial charge in [-0.15, -0.1) is 11.3 Å². The van der Waals surface area contributed by atoms with Gasteiger partial charge in [-0.05, 0) is 58.2 Å². The minimum Gasteiger partial charge on any atom is -0.351 e. The van der Waals surface area contributed by atoms with Gasteiger partial charge in [0.2, 0.25) is 11.9 Å². The number of nitrogens with one attached hydrogen (secondary N) is 3. The molecule has 168 valence electrons. The Balaban J connectivity index is 1.38. The number of nitrogens with zero attached hydrogens (tertiary/aromatic N) is 4. The van der Waals surface area contributed by atoms with Gasteiger partial charge in [0.15, 0.2) is 5.13 Å². The second-order valence-corrected chi connectivity index (χ2v) is 9.93. The van der Waals surface area contributed by atoms with Crippen LogP contribution in [0.2, 0.25) is 0 Å². The monoisotopic (exact) mass is 451 g/mol. The molecule has 1 aromatic carbocycles. The Morgan fingerprint density at radius 3 is 2.69 bits per heavy atom. The van der Waals surface area contributed by atoms with Crippen molar-refractivity contribution >= 4 is 45.0 Å². The standard InChI is InChI=1S/C23H29N7OS/c1-14-12-25-23(32-14)29-21-18-8-3-4-9-19(18)27-22(28-21)26-15-10-16-6-5-7-17(11-15)30(16)20(31)13-24-2/h3-4,8-9,12,15-17,24H,5-7,10-11,13H2,1-2H3,(H2,25,26,27,28,29)/t15-,16-,17+. The van der Waals surface area contributed by atoms with Gasteiger partial charge < -0.3 is 20.9 Å².